The van der Waals surface area contributed by atoms with Gasteiger partial charge in [-0.2, -0.15) is 0 Å². The van der Waals surface area contributed by atoms with Crippen molar-refractivity contribution in [1.29, 1.82) is 0 Å². The maximum Gasteiger partial charge on any atom is 0.253 e. The fourth-order valence-electron chi connectivity index (χ4n) is 5.48. The lowest BCUT2D eigenvalue weighted by atomic mass is 9.67. The largest absolute Gasteiger partial charge is 0.354 e. The van der Waals surface area contributed by atoms with Gasteiger partial charge in [-0.05, 0) is 50.9 Å². The third kappa shape index (κ3) is 4.09. The molecule has 1 aromatic carbocycles. The van der Waals surface area contributed by atoms with Crippen LogP contribution in [0.15, 0.2) is 30.3 Å². The number of nitrogens with zero attached hydrogens (tertiary/aromatic N) is 2. The molecule has 1 saturated carbocycles. The molecule has 0 radical (unpaired) electrons. The van der Waals surface area contributed by atoms with E-state index in [1.807, 2.05) is 35.2 Å². The van der Waals surface area contributed by atoms with Gasteiger partial charge in [0, 0.05) is 37.2 Å². The minimum atomic E-state index is -0.0703. The van der Waals surface area contributed by atoms with Crippen LogP contribution in [-0.4, -0.2) is 60.9 Å². The second-order valence-corrected chi connectivity index (χ2v) is 8.87. The molecule has 1 aromatic rings. The van der Waals surface area contributed by atoms with Crippen molar-refractivity contribution >= 4 is 11.8 Å². The zero-order chi connectivity index (χ0) is 19.4. The lowest BCUT2D eigenvalue weighted by molar-refractivity contribution is -0.128. The van der Waals surface area contributed by atoms with Crippen molar-refractivity contribution < 1.29 is 9.59 Å². The Kier molecular flexibility index (Phi) is 6.00. The van der Waals surface area contributed by atoms with Gasteiger partial charge in [-0.15, -0.1) is 0 Å². The maximum absolute atomic E-state index is 13.1. The number of carbonyl (C=O) groups is 2. The van der Waals surface area contributed by atoms with Crippen molar-refractivity contribution in [3.63, 3.8) is 0 Å². The molecule has 28 heavy (non-hydrogen) atoms. The zero-order valence-electron chi connectivity index (χ0n) is 16.9. The number of likely N-dealkylation sites (tertiary alicyclic amines) is 2. The van der Waals surface area contributed by atoms with Crippen molar-refractivity contribution in [3.8, 4) is 0 Å². The summed E-state index contributed by atoms with van der Waals surface area (Å²) in [5.74, 6) is 0.154. The van der Waals surface area contributed by atoms with Crippen LogP contribution in [0.2, 0.25) is 0 Å². The Hall–Kier alpha value is -1.88. The Morgan fingerprint density at radius 2 is 1.71 bits per heavy atom. The zero-order valence-corrected chi connectivity index (χ0v) is 16.9. The maximum atomic E-state index is 13.1. The molecule has 5 heteroatoms. The van der Waals surface area contributed by atoms with Crippen LogP contribution in [-0.2, 0) is 4.79 Å². The van der Waals surface area contributed by atoms with Crippen molar-refractivity contribution in [2.24, 2.45) is 11.3 Å². The van der Waals surface area contributed by atoms with E-state index in [2.05, 4.69) is 10.2 Å². The summed E-state index contributed by atoms with van der Waals surface area (Å²) < 4.78 is 0. The van der Waals surface area contributed by atoms with Crippen LogP contribution in [0.5, 0.6) is 0 Å². The van der Waals surface area contributed by atoms with Crippen molar-refractivity contribution in [1.82, 2.24) is 15.1 Å². The van der Waals surface area contributed by atoms with E-state index in [4.69, 9.17) is 0 Å². The highest BCUT2D eigenvalue weighted by molar-refractivity contribution is 5.95. The molecule has 2 heterocycles. The number of nitrogens with one attached hydrogen (secondary N) is 1. The minimum absolute atomic E-state index is 0.0274. The highest BCUT2D eigenvalue weighted by atomic mass is 16.2. The van der Waals surface area contributed by atoms with Gasteiger partial charge in [0.15, 0.2) is 0 Å². The van der Waals surface area contributed by atoms with E-state index < -0.39 is 0 Å². The number of hydrogen-bond acceptors (Lipinski definition) is 3. The van der Waals surface area contributed by atoms with E-state index in [9.17, 15) is 9.59 Å². The summed E-state index contributed by atoms with van der Waals surface area (Å²) in [4.78, 5) is 30.5. The summed E-state index contributed by atoms with van der Waals surface area (Å²) in [6.45, 7) is 5.26. The standard InChI is InChI=1S/C23H33N3O2/c27-21(24-13-16-25-14-7-8-15-25)20-17-26(18-23(20)11-5-2-6-12-23)22(28)19-9-3-1-4-10-19/h1,3-4,9-10,20H,2,5-8,11-18H2,(H,24,27). The fraction of sp³-hybridized carbons (Fsp3) is 0.652. The van der Waals surface area contributed by atoms with Gasteiger partial charge in [0.2, 0.25) is 5.91 Å². The summed E-state index contributed by atoms with van der Waals surface area (Å²) in [5.41, 5.74) is 0.698. The Morgan fingerprint density at radius 1 is 1.00 bits per heavy atom. The molecule has 1 aliphatic carbocycles. The van der Waals surface area contributed by atoms with E-state index in [0.29, 0.717) is 6.54 Å². The van der Waals surface area contributed by atoms with Crippen molar-refractivity contribution in [2.75, 3.05) is 39.3 Å². The van der Waals surface area contributed by atoms with Gasteiger partial charge in [-0.3, -0.25) is 9.59 Å². The monoisotopic (exact) mass is 383 g/mol. The minimum Gasteiger partial charge on any atom is -0.354 e. The fourth-order valence-corrected chi connectivity index (χ4v) is 5.48. The smallest absolute Gasteiger partial charge is 0.253 e. The van der Waals surface area contributed by atoms with E-state index in [0.717, 1.165) is 51.1 Å². The molecule has 4 rings (SSSR count). The summed E-state index contributed by atoms with van der Waals surface area (Å²) in [6.07, 6.45) is 8.27. The molecule has 0 bridgehead atoms. The number of amides is 2. The predicted octanol–water partition coefficient (Wildman–Crippen LogP) is 2.92. The second kappa shape index (κ2) is 8.64. The molecule has 3 aliphatic rings. The SMILES string of the molecule is O=C(NCCN1CCCC1)C1CN(C(=O)c2ccccc2)CC12CCCCC2. The van der Waals surface area contributed by atoms with Gasteiger partial charge in [0.25, 0.3) is 5.91 Å². The van der Waals surface area contributed by atoms with Gasteiger partial charge in [-0.1, -0.05) is 37.5 Å². The Morgan fingerprint density at radius 3 is 2.43 bits per heavy atom. The van der Waals surface area contributed by atoms with Crippen LogP contribution < -0.4 is 5.32 Å². The van der Waals surface area contributed by atoms with Gasteiger partial charge in [-0.25, -0.2) is 0 Å². The van der Waals surface area contributed by atoms with Crippen molar-refractivity contribution in [2.45, 2.75) is 44.9 Å². The Labute approximate surface area is 168 Å². The normalized spacial score (nSPS) is 24.6. The molecule has 152 valence electrons. The lowest BCUT2D eigenvalue weighted by Gasteiger charge is -2.37. The second-order valence-electron chi connectivity index (χ2n) is 8.87. The van der Waals surface area contributed by atoms with Crippen LogP contribution in [0.3, 0.4) is 0 Å². The highest BCUT2D eigenvalue weighted by Gasteiger charge is 2.51. The van der Waals surface area contributed by atoms with E-state index in [1.54, 1.807) is 0 Å². The van der Waals surface area contributed by atoms with E-state index in [-0.39, 0.29) is 23.1 Å². The molecule has 2 aliphatic heterocycles. The first-order chi connectivity index (χ1) is 13.7. The molecule has 0 aromatic heterocycles. The van der Waals surface area contributed by atoms with Crippen LogP contribution >= 0.6 is 0 Å². The number of rotatable bonds is 5. The molecule has 5 nitrogen and oxygen atoms in total. The lowest BCUT2D eigenvalue weighted by Crippen LogP contribution is -2.44. The topological polar surface area (TPSA) is 52.7 Å². The van der Waals surface area contributed by atoms with Crippen molar-refractivity contribution in [3.05, 3.63) is 35.9 Å². The predicted molar refractivity (Wildman–Crippen MR) is 110 cm³/mol. The Balaban J connectivity index is 1.42. The first kappa shape index (κ1) is 19.4. The molecule has 2 amide bonds. The molecular weight excluding hydrogens is 350 g/mol. The Bertz CT molecular complexity index is 678. The average molecular weight is 384 g/mol. The summed E-state index contributed by atoms with van der Waals surface area (Å²) >= 11 is 0. The van der Waals surface area contributed by atoms with E-state index >= 15 is 0 Å². The average Bonchev–Trinajstić information content (AvgIpc) is 3.37. The number of hydrogen-bond donors (Lipinski definition) is 1. The molecule has 1 unspecified atom stereocenters. The van der Waals surface area contributed by atoms with Crippen LogP contribution in [0.25, 0.3) is 0 Å². The number of carbonyl (C=O) groups excluding carboxylic acids is 2. The summed E-state index contributed by atoms with van der Waals surface area (Å²) in [5, 5.41) is 3.20. The summed E-state index contributed by atoms with van der Waals surface area (Å²) in [7, 11) is 0. The van der Waals surface area contributed by atoms with Gasteiger partial charge >= 0.3 is 0 Å². The summed E-state index contributed by atoms with van der Waals surface area (Å²) in [6, 6.07) is 9.49. The highest BCUT2D eigenvalue weighted by Crippen LogP contribution is 2.47. The first-order valence-corrected chi connectivity index (χ1v) is 11.0. The van der Waals surface area contributed by atoms with Crippen LogP contribution in [0, 0.1) is 11.3 Å². The first-order valence-electron chi connectivity index (χ1n) is 11.0. The molecule has 2 saturated heterocycles. The van der Waals surface area contributed by atoms with Gasteiger partial charge in [0.05, 0.1) is 5.92 Å². The molecular formula is C23H33N3O2. The van der Waals surface area contributed by atoms with Crippen LogP contribution in [0.4, 0.5) is 0 Å². The number of benzene rings is 1. The van der Waals surface area contributed by atoms with Crippen LogP contribution in [0.1, 0.15) is 55.3 Å². The third-order valence-corrected chi connectivity index (χ3v) is 7.05. The molecule has 3 fully saturated rings. The third-order valence-electron chi connectivity index (χ3n) is 7.05. The van der Waals surface area contributed by atoms with E-state index in [1.165, 1.54) is 32.1 Å². The van der Waals surface area contributed by atoms with Gasteiger partial charge < -0.3 is 15.1 Å². The van der Waals surface area contributed by atoms with Gasteiger partial charge in [0.1, 0.15) is 0 Å². The quantitative estimate of drug-likeness (QED) is 0.851. The molecule has 1 atom stereocenters. The molecule has 1 spiro atoms. The molecule has 1 N–H and O–H groups in total.